The van der Waals surface area contributed by atoms with Crippen molar-refractivity contribution in [3.8, 4) is 22.5 Å². The van der Waals surface area contributed by atoms with Gasteiger partial charge in [0.2, 0.25) is 0 Å². The van der Waals surface area contributed by atoms with E-state index >= 15 is 0 Å². The summed E-state index contributed by atoms with van der Waals surface area (Å²) in [6.45, 7) is 3.06. The molecule has 1 aliphatic carbocycles. The summed E-state index contributed by atoms with van der Waals surface area (Å²) in [6, 6.07) is 55.2. The number of tetrazole rings is 1. The van der Waals surface area contributed by atoms with Gasteiger partial charge < -0.3 is 9.88 Å². The van der Waals surface area contributed by atoms with Gasteiger partial charge in [0.05, 0.1) is 17.6 Å². The zero-order valence-corrected chi connectivity index (χ0v) is 35.3. The molecule has 0 aliphatic heterocycles. The second-order valence-corrected chi connectivity index (χ2v) is 16.3. The van der Waals surface area contributed by atoms with Crippen LogP contribution in [0.5, 0.6) is 0 Å². The van der Waals surface area contributed by atoms with Crippen LogP contribution in [0, 0.1) is 0 Å². The van der Waals surface area contributed by atoms with Crippen LogP contribution in [-0.2, 0) is 23.3 Å². The number of benzene rings is 6. The van der Waals surface area contributed by atoms with Crippen LogP contribution < -0.4 is 16.2 Å². The van der Waals surface area contributed by atoms with Crippen LogP contribution in [-0.4, -0.2) is 48.3 Å². The van der Waals surface area contributed by atoms with Gasteiger partial charge in [0.15, 0.2) is 5.82 Å². The number of unbranched alkanes of at least 4 members (excludes halogenated alkanes) is 1. The molecular weight excluding hydrogens is 767 g/mol. The van der Waals surface area contributed by atoms with E-state index in [9.17, 15) is 4.79 Å². The van der Waals surface area contributed by atoms with Crippen LogP contribution in [0.4, 0.5) is 5.69 Å². The molecule has 0 bridgehead atoms. The Labute approximate surface area is 363 Å². The number of aromatic nitrogens is 6. The number of anilines is 1. The van der Waals surface area contributed by atoms with Crippen molar-refractivity contribution in [2.45, 2.75) is 76.4 Å². The number of nitrogens with zero attached hydrogens (tertiary/aromatic N) is 6. The van der Waals surface area contributed by atoms with Gasteiger partial charge in [0, 0.05) is 30.3 Å². The molecule has 1 saturated carbocycles. The van der Waals surface area contributed by atoms with Crippen molar-refractivity contribution in [3.63, 3.8) is 0 Å². The van der Waals surface area contributed by atoms with Gasteiger partial charge in [-0.1, -0.05) is 172 Å². The molecule has 10 nitrogen and oxygen atoms in total. The number of amides is 1. The molecule has 0 unspecified atom stereocenters. The van der Waals surface area contributed by atoms with E-state index in [0.29, 0.717) is 18.4 Å². The molecule has 9 rings (SSSR count). The van der Waals surface area contributed by atoms with Gasteiger partial charge in [-0.05, 0) is 81.3 Å². The molecule has 1 aliphatic rings. The maximum Gasteiger partial charge on any atom is 0.253 e. The highest BCUT2D eigenvalue weighted by atomic mass is 16.2. The average molecular weight is 820 g/mol. The molecule has 1 amide bonds. The van der Waals surface area contributed by atoms with E-state index in [-0.39, 0.29) is 12.5 Å². The van der Waals surface area contributed by atoms with E-state index in [1.54, 1.807) is 0 Å². The van der Waals surface area contributed by atoms with E-state index in [2.05, 4.69) is 160 Å². The number of rotatable bonds is 16. The Morgan fingerprint density at radius 1 is 0.726 bits per heavy atom. The zero-order chi connectivity index (χ0) is 42.1. The Balaban J connectivity index is 1.02. The topological polar surface area (TPSA) is 115 Å². The van der Waals surface area contributed by atoms with Gasteiger partial charge in [0.25, 0.3) is 5.91 Å². The first-order valence-corrected chi connectivity index (χ1v) is 22.0. The molecule has 0 atom stereocenters. The summed E-state index contributed by atoms with van der Waals surface area (Å²) in [5.74, 6) is 1.65. The van der Waals surface area contributed by atoms with Crippen LogP contribution in [0.15, 0.2) is 158 Å². The molecule has 10 heteroatoms. The van der Waals surface area contributed by atoms with Crippen molar-refractivity contribution < 1.29 is 4.79 Å². The lowest BCUT2D eigenvalue weighted by molar-refractivity contribution is -0.120. The van der Waals surface area contributed by atoms with E-state index in [1.165, 1.54) is 19.3 Å². The number of nitrogens with one attached hydrogen (secondary N) is 3. The lowest BCUT2D eigenvalue weighted by atomic mass is 9.77. The van der Waals surface area contributed by atoms with Gasteiger partial charge in [-0.3, -0.25) is 10.2 Å². The third-order valence-corrected chi connectivity index (χ3v) is 12.2. The number of hydrogen-bond donors (Lipinski definition) is 3. The number of aryl methyl sites for hydroxylation is 1. The number of carbonyl (C=O) groups is 1. The number of fused-ring (bicyclic) bond motifs is 1. The van der Waals surface area contributed by atoms with Crippen molar-refractivity contribution in [2.24, 2.45) is 0 Å². The summed E-state index contributed by atoms with van der Waals surface area (Å²) in [5.41, 5.74) is 15.5. The predicted octanol–water partition coefficient (Wildman–Crippen LogP) is 9.95. The SMILES string of the molecule is CCCCc1nc2ccc(NCC(=O)NNC3CCCCC3)cc2n1Cc1ccc(-c2ccccc2-c2nnnn2C(c2ccccc2)(c2ccccc2)c2ccccc2)cc1. The molecule has 62 heavy (non-hydrogen) atoms. The molecule has 6 aromatic carbocycles. The second-order valence-electron chi connectivity index (χ2n) is 16.3. The molecule has 2 heterocycles. The van der Waals surface area contributed by atoms with Crippen molar-refractivity contribution in [2.75, 3.05) is 11.9 Å². The van der Waals surface area contributed by atoms with Crippen molar-refractivity contribution >= 4 is 22.6 Å². The van der Waals surface area contributed by atoms with Crippen molar-refractivity contribution in [3.05, 3.63) is 186 Å². The Bertz CT molecular complexity index is 2610. The minimum absolute atomic E-state index is 0.0751. The molecule has 8 aromatic rings. The van der Waals surface area contributed by atoms with Gasteiger partial charge in [-0.2, -0.15) is 0 Å². The maximum atomic E-state index is 12.7. The van der Waals surface area contributed by atoms with Crippen LogP contribution >= 0.6 is 0 Å². The Kier molecular flexibility index (Phi) is 12.3. The highest BCUT2D eigenvalue weighted by molar-refractivity contribution is 5.84. The number of hydrazine groups is 1. The largest absolute Gasteiger partial charge is 0.376 e. The maximum absolute atomic E-state index is 12.7. The van der Waals surface area contributed by atoms with Gasteiger partial charge >= 0.3 is 0 Å². The monoisotopic (exact) mass is 819 g/mol. The van der Waals surface area contributed by atoms with Gasteiger partial charge in [-0.25, -0.2) is 15.1 Å². The fourth-order valence-electron chi connectivity index (χ4n) is 9.03. The molecular formula is C52H53N9O. The smallest absolute Gasteiger partial charge is 0.253 e. The Morgan fingerprint density at radius 2 is 1.35 bits per heavy atom. The fraction of sp³-hybridized carbons (Fsp3) is 0.250. The average Bonchev–Trinajstić information content (AvgIpc) is 3.96. The molecule has 3 N–H and O–H groups in total. The Hall–Kier alpha value is -6.91. The minimum atomic E-state index is -0.865. The second kappa shape index (κ2) is 18.8. The van der Waals surface area contributed by atoms with Crippen molar-refractivity contribution in [1.82, 2.24) is 40.6 Å². The minimum Gasteiger partial charge on any atom is -0.376 e. The summed E-state index contributed by atoms with van der Waals surface area (Å²) in [4.78, 5) is 17.8. The number of imidazole rings is 1. The Morgan fingerprint density at radius 3 is 2.00 bits per heavy atom. The lowest BCUT2D eigenvalue weighted by Gasteiger charge is -2.36. The quantitative estimate of drug-likeness (QED) is 0.0657. The molecule has 0 spiro atoms. The zero-order valence-electron chi connectivity index (χ0n) is 35.3. The standard InChI is InChI=1S/C52H53N9O/c1-2-3-28-49-54-47-34-33-44(53-36-50(62)56-55-43-24-14-7-15-25-43)35-48(47)60(49)37-38-29-31-39(32-30-38)45-26-16-17-27-46(45)51-57-58-59-61(51)52(40-18-8-4-9-19-40,41-20-10-5-11-21-41)42-22-12-6-13-23-42/h4-6,8-13,16-23,26-27,29-35,43,53,55H,2-3,7,14-15,24-25,28,36-37H2,1H3,(H,56,62). The lowest BCUT2D eigenvalue weighted by Crippen LogP contribution is -2.47. The predicted molar refractivity (Wildman–Crippen MR) is 247 cm³/mol. The third-order valence-electron chi connectivity index (χ3n) is 12.2. The third kappa shape index (κ3) is 8.38. The van der Waals surface area contributed by atoms with Gasteiger partial charge in [0.1, 0.15) is 11.4 Å². The van der Waals surface area contributed by atoms with Crippen LogP contribution in [0.25, 0.3) is 33.5 Å². The van der Waals surface area contributed by atoms with Crippen LogP contribution in [0.2, 0.25) is 0 Å². The highest BCUT2D eigenvalue weighted by Crippen LogP contribution is 2.43. The summed E-state index contributed by atoms with van der Waals surface area (Å²) in [7, 11) is 0. The first-order valence-electron chi connectivity index (χ1n) is 22.0. The highest BCUT2D eigenvalue weighted by Gasteiger charge is 2.42. The van der Waals surface area contributed by atoms with E-state index in [0.717, 1.165) is 93.6 Å². The number of hydrogen-bond acceptors (Lipinski definition) is 7. The molecule has 0 radical (unpaired) electrons. The summed E-state index contributed by atoms with van der Waals surface area (Å²) >= 11 is 0. The first-order chi connectivity index (χ1) is 30.6. The molecule has 2 aromatic heterocycles. The van der Waals surface area contributed by atoms with Gasteiger partial charge in [-0.15, -0.1) is 5.10 Å². The van der Waals surface area contributed by atoms with Crippen LogP contribution in [0.3, 0.4) is 0 Å². The van der Waals surface area contributed by atoms with Crippen LogP contribution in [0.1, 0.15) is 79.9 Å². The summed E-state index contributed by atoms with van der Waals surface area (Å²) < 4.78 is 4.32. The first kappa shape index (κ1) is 40.5. The van der Waals surface area contributed by atoms with E-state index in [1.807, 2.05) is 35.0 Å². The normalized spacial score (nSPS) is 13.3. The van der Waals surface area contributed by atoms with Crippen molar-refractivity contribution in [1.29, 1.82) is 0 Å². The molecule has 312 valence electrons. The summed E-state index contributed by atoms with van der Waals surface area (Å²) in [5, 5.41) is 17.3. The molecule has 1 fully saturated rings. The van der Waals surface area contributed by atoms with E-state index in [4.69, 9.17) is 15.3 Å². The summed E-state index contributed by atoms with van der Waals surface area (Å²) in [6.07, 6.45) is 8.93. The van der Waals surface area contributed by atoms with E-state index < -0.39 is 5.54 Å². The fourth-order valence-corrected chi connectivity index (χ4v) is 9.03. The molecule has 0 saturated heterocycles. The number of carbonyl (C=O) groups excluding carboxylic acids is 1.